The third-order valence-corrected chi connectivity index (χ3v) is 5.76. The molecule has 1 unspecified atom stereocenters. The fraction of sp³-hybridized carbons (Fsp3) is 0.440. The van der Waals surface area contributed by atoms with Crippen LogP contribution in [0.3, 0.4) is 0 Å². The molecule has 0 spiro atoms. The number of hydrogen-bond donors (Lipinski definition) is 0. The van der Waals surface area contributed by atoms with Gasteiger partial charge in [0.2, 0.25) is 11.9 Å². The Bertz CT molecular complexity index is 907. The molecular weight excluding hydrogens is 404 g/mol. The minimum atomic E-state index is -0.405. The van der Waals surface area contributed by atoms with Crippen LogP contribution >= 0.6 is 0 Å². The van der Waals surface area contributed by atoms with Crippen LogP contribution in [0, 0.1) is 5.92 Å². The van der Waals surface area contributed by atoms with Gasteiger partial charge in [-0.05, 0) is 38.2 Å². The fourth-order valence-electron chi connectivity index (χ4n) is 3.90. The van der Waals surface area contributed by atoms with Gasteiger partial charge in [-0.25, -0.2) is 14.8 Å². The van der Waals surface area contributed by atoms with E-state index in [1.165, 1.54) is 12.4 Å². The Hall–Kier alpha value is -3.22. The van der Waals surface area contributed by atoms with Crippen molar-refractivity contribution < 1.29 is 14.3 Å². The second-order valence-electron chi connectivity index (χ2n) is 8.10. The summed E-state index contributed by atoms with van der Waals surface area (Å²) in [5.74, 6) is 0.744. The zero-order valence-corrected chi connectivity index (χ0v) is 19.1. The second-order valence-corrected chi connectivity index (χ2v) is 8.10. The normalized spacial score (nSPS) is 15.5. The molecule has 1 aliphatic rings. The Labute approximate surface area is 190 Å². The van der Waals surface area contributed by atoms with Crippen LogP contribution in [0.25, 0.3) is 6.08 Å². The Morgan fingerprint density at radius 3 is 2.44 bits per heavy atom. The van der Waals surface area contributed by atoms with Crippen molar-refractivity contribution >= 4 is 23.9 Å². The summed E-state index contributed by atoms with van der Waals surface area (Å²) in [6.07, 6.45) is 9.12. The van der Waals surface area contributed by atoms with E-state index in [4.69, 9.17) is 4.74 Å². The van der Waals surface area contributed by atoms with Crippen molar-refractivity contribution in [2.24, 2.45) is 5.92 Å². The van der Waals surface area contributed by atoms with Gasteiger partial charge in [-0.2, -0.15) is 0 Å². The number of amides is 1. The van der Waals surface area contributed by atoms with Gasteiger partial charge in [0, 0.05) is 45.0 Å². The Balaban J connectivity index is 1.53. The molecule has 170 valence electrons. The average molecular weight is 437 g/mol. The molecule has 2 heterocycles. The van der Waals surface area contributed by atoms with Crippen molar-refractivity contribution in [3.05, 3.63) is 59.9 Å². The smallest absolute Gasteiger partial charge is 0.341 e. The third-order valence-electron chi connectivity index (χ3n) is 5.76. The van der Waals surface area contributed by atoms with E-state index in [9.17, 15) is 9.59 Å². The lowest BCUT2D eigenvalue weighted by molar-refractivity contribution is -0.130. The monoisotopic (exact) mass is 436 g/mol. The average Bonchev–Trinajstić information content (AvgIpc) is 2.82. The number of carbonyl (C=O) groups excluding carboxylic acids is 2. The van der Waals surface area contributed by atoms with Crippen LogP contribution in [0.5, 0.6) is 0 Å². The highest BCUT2D eigenvalue weighted by Crippen LogP contribution is 2.23. The molecule has 1 atom stereocenters. The molecule has 3 rings (SSSR count). The number of ether oxygens (including phenoxy) is 1. The van der Waals surface area contributed by atoms with Crippen molar-refractivity contribution in [2.75, 3.05) is 31.1 Å². The molecule has 0 N–H and O–H groups in total. The molecule has 1 saturated heterocycles. The minimum absolute atomic E-state index is 0.0319. The van der Waals surface area contributed by atoms with Gasteiger partial charge in [-0.1, -0.05) is 42.5 Å². The Morgan fingerprint density at radius 2 is 1.84 bits per heavy atom. The number of benzene rings is 1. The highest BCUT2D eigenvalue weighted by atomic mass is 16.5. The summed E-state index contributed by atoms with van der Waals surface area (Å²) >= 11 is 0. The molecule has 7 heteroatoms. The molecule has 0 bridgehead atoms. The maximum Gasteiger partial charge on any atom is 0.341 e. The minimum Gasteiger partial charge on any atom is -0.462 e. The Kier molecular flexibility index (Phi) is 8.36. The van der Waals surface area contributed by atoms with Crippen LogP contribution in [-0.2, 0) is 9.53 Å². The zero-order chi connectivity index (χ0) is 22.9. The van der Waals surface area contributed by atoms with Crippen molar-refractivity contribution in [3.63, 3.8) is 0 Å². The van der Waals surface area contributed by atoms with Gasteiger partial charge in [0.25, 0.3) is 0 Å². The van der Waals surface area contributed by atoms with Crippen LogP contribution < -0.4 is 4.90 Å². The number of carbonyl (C=O) groups is 2. The number of hydrogen-bond acceptors (Lipinski definition) is 6. The molecule has 32 heavy (non-hydrogen) atoms. The predicted molar refractivity (Wildman–Crippen MR) is 125 cm³/mol. The number of esters is 1. The molecule has 2 aromatic rings. The lowest BCUT2D eigenvalue weighted by atomic mass is 9.95. The predicted octanol–water partition coefficient (Wildman–Crippen LogP) is 3.82. The lowest BCUT2D eigenvalue weighted by Crippen LogP contribution is -2.43. The maximum atomic E-state index is 12.3. The zero-order valence-electron chi connectivity index (χ0n) is 19.1. The van der Waals surface area contributed by atoms with Crippen LogP contribution in [0.4, 0.5) is 5.95 Å². The van der Waals surface area contributed by atoms with E-state index in [1.54, 1.807) is 13.8 Å². The highest BCUT2D eigenvalue weighted by Gasteiger charge is 2.25. The molecule has 7 nitrogen and oxygen atoms in total. The summed E-state index contributed by atoms with van der Waals surface area (Å²) in [6, 6.07) is 10.2. The first-order valence-corrected chi connectivity index (χ1v) is 11.2. The maximum absolute atomic E-state index is 12.3. The number of rotatable bonds is 8. The van der Waals surface area contributed by atoms with Crippen LogP contribution in [-0.4, -0.2) is 59.0 Å². The number of aromatic nitrogens is 2. The van der Waals surface area contributed by atoms with Crippen molar-refractivity contribution in [1.82, 2.24) is 14.9 Å². The van der Waals surface area contributed by atoms with E-state index in [-0.39, 0.29) is 11.9 Å². The second kappa shape index (κ2) is 11.4. The van der Waals surface area contributed by atoms with Crippen molar-refractivity contribution in [2.45, 2.75) is 39.7 Å². The third kappa shape index (κ3) is 6.39. The highest BCUT2D eigenvalue weighted by molar-refractivity contribution is 5.88. The van der Waals surface area contributed by atoms with Crippen LogP contribution in [0.2, 0.25) is 0 Å². The molecule has 1 aliphatic heterocycles. The molecule has 0 saturated carbocycles. The molecular formula is C25H32N4O3. The van der Waals surface area contributed by atoms with E-state index in [0.717, 1.165) is 38.0 Å². The molecule has 0 aliphatic carbocycles. The molecule has 1 amide bonds. The van der Waals surface area contributed by atoms with Crippen LogP contribution in [0.1, 0.15) is 49.5 Å². The van der Waals surface area contributed by atoms with E-state index >= 15 is 0 Å². The topological polar surface area (TPSA) is 75.6 Å². The summed E-state index contributed by atoms with van der Waals surface area (Å²) in [4.78, 5) is 36.8. The summed E-state index contributed by atoms with van der Waals surface area (Å²) in [5.41, 5.74) is 1.49. The summed E-state index contributed by atoms with van der Waals surface area (Å²) in [6.45, 7) is 8.19. The first-order valence-electron chi connectivity index (χ1n) is 11.2. The quantitative estimate of drug-likeness (QED) is 0.586. The van der Waals surface area contributed by atoms with Gasteiger partial charge < -0.3 is 14.5 Å². The first-order chi connectivity index (χ1) is 15.5. The SMILES string of the molecule is CCOC(=O)c1cnc(N2CCC(CN(C(C)=O)C(C)/C=C/c3ccccc3)CC2)nc1. The molecule has 1 aromatic carbocycles. The number of piperidine rings is 1. The summed E-state index contributed by atoms with van der Waals surface area (Å²) in [5, 5.41) is 0. The molecule has 0 radical (unpaired) electrons. The van der Waals surface area contributed by atoms with E-state index in [1.807, 2.05) is 23.1 Å². The largest absolute Gasteiger partial charge is 0.462 e. The molecule has 1 fully saturated rings. The van der Waals surface area contributed by atoms with Crippen LogP contribution in [0.15, 0.2) is 48.8 Å². The van der Waals surface area contributed by atoms with Gasteiger partial charge in [-0.3, -0.25) is 4.79 Å². The van der Waals surface area contributed by atoms with E-state index in [2.05, 4.69) is 46.1 Å². The Morgan fingerprint density at radius 1 is 1.19 bits per heavy atom. The number of nitrogens with zero attached hydrogens (tertiary/aromatic N) is 4. The van der Waals surface area contributed by atoms with Gasteiger partial charge in [0.1, 0.15) is 0 Å². The first kappa shape index (κ1) is 23.4. The fourth-order valence-corrected chi connectivity index (χ4v) is 3.90. The lowest BCUT2D eigenvalue weighted by Gasteiger charge is -2.36. The van der Waals surface area contributed by atoms with Gasteiger partial charge >= 0.3 is 5.97 Å². The van der Waals surface area contributed by atoms with E-state index in [0.29, 0.717) is 24.0 Å². The van der Waals surface area contributed by atoms with Gasteiger partial charge in [0.15, 0.2) is 0 Å². The van der Waals surface area contributed by atoms with Crippen molar-refractivity contribution in [1.29, 1.82) is 0 Å². The van der Waals surface area contributed by atoms with Gasteiger partial charge in [0.05, 0.1) is 12.2 Å². The van der Waals surface area contributed by atoms with Crippen molar-refractivity contribution in [3.8, 4) is 0 Å². The van der Waals surface area contributed by atoms with Gasteiger partial charge in [-0.15, -0.1) is 0 Å². The summed E-state index contributed by atoms with van der Waals surface area (Å²) < 4.78 is 4.98. The number of anilines is 1. The van der Waals surface area contributed by atoms with E-state index < -0.39 is 5.97 Å². The standard InChI is InChI=1S/C25H32N4O3/c1-4-32-24(31)23-16-26-25(27-17-23)28-14-12-22(13-15-28)18-29(20(3)30)19(2)10-11-21-8-6-5-7-9-21/h5-11,16-17,19,22H,4,12-15,18H2,1-3H3/b11-10+. The molecule has 1 aromatic heterocycles. The summed E-state index contributed by atoms with van der Waals surface area (Å²) in [7, 11) is 0.